The SMILES string of the molecule is CCCCC/C=C\C/C=C\CCCCCCCCCC(=O)OCCCCCCCCCCC/C=C\C/C=C\CCCCCCCCCCCCCC(=O)NC(CO)C(O)/C=C/CCCCCCCCCCCCCCCCCCCCCCCC. The Morgan fingerprint density at radius 2 is 0.588 bits per heavy atom. The van der Waals surface area contributed by atoms with Crippen LogP contribution in [0.5, 0.6) is 0 Å². The maximum Gasteiger partial charge on any atom is 0.305 e. The molecule has 0 radical (unpaired) electrons. The maximum atomic E-state index is 12.5. The molecule has 0 aliphatic heterocycles. The van der Waals surface area contributed by atoms with E-state index in [9.17, 15) is 19.8 Å². The molecule has 0 aliphatic rings. The quantitative estimate of drug-likeness (QED) is 0.0320. The van der Waals surface area contributed by atoms with E-state index in [0.29, 0.717) is 19.4 Å². The van der Waals surface area contributed by atoms with Gasteiger partial charge in [-0.1, -0.05) is 357 Å². The molecule has 2 atom stereocenters. The summed E-state index contributed by atoms with van der Waals surface area (Å²) in [4.78, 5) is 24.6. The fourth-order valence-electron chi connectivity index (χ4n) is 11.7. The van der Waals surface area contributed by atoms with Crippen molar-refractivity contribution in [3.8, 4) is 0 Å². The van der Waals surface area contributed by atoms with Crippen molar-refractivity contribution in [1.29, 1.82) is 0 Å². The molecule has 6 heteroatoms. The molecule has 1 amide bonds. The minimum atomic E-state index is -0.850. The predicted molar refractivity (Wildman–Crippen MR) is 375 cm³/mol. The van der Waals surface area contributed by atoms with Gasteiger partial charge < -0.3 is 20.3 Å². The van der Waals surface area contributed by atoms with Crippen molar-refractivity contribution in [2.75, 3.05) is 13.2 Å². The Hall–Kier alpha value is -2.44. The van der Waals surface area contributed by atoms with Crippen LogP contribution in [-0.2, 0) is 14.3 Å². The summed E-state index contributed by atoms with van der Waals surface area (Å²) in [5, 5.41) is 23.3. The van der Waals surface area contributed by atoms with Gasteiger partial charge in [-0.15, -0.1) is 0 Å². The summed E-state index contributed by atoms with van der Waals surface area (Å²) in [7, 11) is 0. The number of allylic oxidation sites excluding steroid dienone is 9. The standard InChI is InChI=1S/C79H147NO5/c1-3-5-7-9-11-13-15-17-19-21-22-23-24-30-33-36-40-43-47-51-55-59-63-67-71-77(82)76(75-81)80-78(83)72-68-64-60-56-52-48-44-41-37-34-31-28-26-25-27-29-32-35-38-42-46-50-54-58-62-66-70-74-85-79(84)73-69-65-61-57-53-49-45-39-20-18-16-14-12-10-8-6-4-2/h12,14,18,20,25-26,29,32,67,71,76-77,81-82H,3-11,13,15-17,19,21-24,27-28,30-31,33-66,68-70,72-75H2,1-2H3,(H,80,83)/b14-12-,20-18-,26-25-,32-29-,71-67+. The number of amides is 1. The number of aliphatic hydroxyl groups is 2. The number of hydrogen-bond acceptors (Lipinski definition) is 5. The van der Waals surface area contributed by atoms with Crippen molar-refractivity contribution in [1.82, 2.24) is 5.32 Å². The third kappa shape index (κ3) is 70.5. The van der Waals surface area contributed by atoms with Gasteiger partial charge in [0.05, 0.1) is 25.4 Å². The number of ether oxygens (including phenoxy) is 1. The van der Waals surface area contributed by atoms with Gasteiger partial charge in [-0.2, -0.15) is 0 Å². The van der Waals surface area contributed by atoms with Gasteiger partial charge in [-0.25, -0.2) is 0 Å². The van der Waals surface area contributed by atoms with Gasteiger partial charge in [-0.05, 0) is 96.3 Å². The van der Waals surface area contributed by atoms with Crippen molar-refractivity contribution in [2.45, 2.75) is 418 Å². The van der Waals surface area contributed by atoms with Gasteiger partial charge in [0.15, 0.2) is 0 Å². The van der Waals surface area contributed by atoms with Gasteiger partial charge in [0.2, 0.25) is 5.91 Å². The molecule has 498 valence electrons. The highest BCUT2D eigenvalue weighted by atomic mass is 16.5. The monoisotopic (exact) mass is 1190 g/mol. The van der Waals surface area contributed by atoms with Crippen molar-refractivity contribution in [3.63, 3.8) is 0 Å². The Balaban J connectivity index is 3.45. The largest absolute Gasteiger partial charge is 0.466 e. The second-order valence-corrected chi connectivity index (χ2v) is 26.0. The highest BCUT2D eigenvalue weighted by Crippen LogP contribution is 2.18. The van der Waals surface area contributed by atoms with Crippen molar-refractivity contribution in [2.24, 2.45) is 0 Å². The smallest absolute Gasteiger partial charge is 0.305 e. The first-order valence-corrected chi connectivity index (χ1v) is 38.1. The van der Waals surface area contributed by atoms with E-state index < -0.39 is 12.1 Å². The van der Waals surface area contributed by atoms with Crippen LogP contribution in [0.4, 0.5) is 0 Å². The van der Waals surface area contributed by atoms with Crippen LogP contribution in [0.15, 0.2) is 60.8 Å². The molecule has 0 bridgehead atoms. The first kappa shape index (κ1) is 82.6. The Kier molecular flexibility index (Phi) is 71.9. The molecule has 0 aromatic rings. The first-order chi connectivity index (χ1) is 42.0. The first-order valence-electron chi connectivity index (χ1n) is 38.1. The molecule has 6 nitrogen and oxygen atoms in total. The Labute approximate surface area is 530 Å². The topological polar surface area (TPSA) is 95.9 Å². The molecule has 0 aliphatic carbocycles. The molecule has 0 saturated heterocycles. The van der Waals surface area contributed by atoms with Crippen molar-refractivity contribution in [3.05, 3.63) is 60.8 Å². The number of unbranched alkanes of at least 4 members (excludes halogenated alkanes) is 52. The van der Waals surface area contributed by atoms with E-state index in [1.807, 2.05) is 6.08 Å². The second-order valence-electron chi connectivity index (χ2n) is 26.0. The lowest BCUT2D eigenvalue weighted by molar-refractivity contribution is -0.143. The highest BCUT2D eigenvalue weighted by molar-refractivity contribution is 5.76. The van der Waals surface area contributed by atoms with Crippen LogP contribution in [0.2, 0.25) is 0 Å². The van der Waals surface area contributed by atoms with E-state index in [4.69, 9.17) is 4.74 Å². The van der Waals surface area contributed by atoms with Gasteiger partial charge in [0.1, 0.15) is 0 Å². The summed E-state index contributed by atoms with van der Waals surface area (Å²) in [6, 6.07) is -0.633. The summed E-state index contributed by atoms with van der Waals surface area (Å²) in [5.41, 5.74) is 0. The third-order valence-corrected chi connectivity index (χ3v) is 17.5. The highest BCUT2D eigenvalue weighted by Gasteiger charge is 2.18. The lowest BCUT2D eigenvalue weighted by atomic mass is 10.0. The maximum absolute atomic E-state index is 12.5. The molecule has 0 saturated carbocycles. The zero-order chi connectivity index (χ0) is 61.3. The van der Waals surface area contributed by atoms with E-state index in [0.717, 1.165) is 57.8 Å². The molecule has 0 rings (SSSR count). The van der Waals surface area contributed by atoms with E-state index in [1.165, 1.54) is 321 Å². The van der Waals surface area contributed by atoms with Crippen LogP contribution in [0.3, 0.4) is 0 Å². The minimum absolute atomic E-state index is 0.00266. The van der Waals surface area contributed by atoms with E-state index in [1.54, 1.807) is 6.08 Å². The Morgan fingerprint density at radius 1 is 0.329 bits per heavy atom. The minimum Gasteiger partial charge on any atom is -0.466 e. The molecule has 0 heterocycles. The van der Waals surface area contributed by atoms with Crippen LogP contribution in [-0.4, -0.2) is 47.4 Å². The lowest BCUT2D eigenvalue weighted by Crippen LogP contribution is -2.45. The van der Waals surface area contributed by atoms with Crippen molar-refractivity contribution < 1.29 is 24.5 Å². The fraction of sp³-hybridized carbons (Fsp3) is 0.848. The Morgan fingerprint density at radius 3 is 0.918 bits per heavy atom. The van der Waals surface area contributed by atoms with Crippen LogP contribution in [0, 0.1) is 0 Å². The fourth-order valence-corrected chi connectivity index (χ4v) is 11.7. The van der Waals surface area contributed by atoms with Gasteiger partial charge >= 0.3 is 5.97 Å². The second kappa shape index (κ2) is 74.0. The van der Waals surface area contributed by atoms with Gasteiger partial charge in [0.25, 0.3) is 0 Å². The lowest BCUT2D eigenvalue weighted by Gasteiger charge is -2.20. The average Bonchev–Trinajstić information content (AvgIpc) is 3.51. The average molecular weight is 1190 g/mol. The summed E-state index contributed by atoms with van der Waals surface area (Å²) in [6.45, 7) is 4.90. The molecule has 0 aromatic carbocycles. The third-order valence-electron chi connectivity index (χ3n) is 17.5. The van der Waals surface area contributed by atoms with Crippen LogP contribution in [0.1, 0.15) is 406 Å². The number of carbonyl (C=O) groups is 2. The van der Waals surface area contributed by atoms with Gasteiger partial charge in [0, 0.05) is 12.8 Å². The van der Waals surface area contributed by atoms with Crippen LogP contribution < -0.4 is 5.32 Å². The molecule has 3 N–H and O–H groups in total. The zero-order valence-electron chi connectivity index (χ0n) is 57.1. The van der Waals surface area contributed by atoms with E-state index in [2.05, 4.69) is 67.8 Å². The molecule has 85 heavy (non-hydrogen) atoms. The summed E-state index contributed by atoms with van der Waals surface area (Å²) >= 11 is 0. The number of hydrogen-bond donors (Lipinski definition) is 3. The van der Waals surface area contributed by atoms with E-state index >= 15 is 0 Å². The number of esters is 1. The van der Waals surface area contributed by atoms with E-state index in [-0.39, 0.29) is 18.5 Å². The molecule has 0 aromatic heterocycles. The van der Waals surface area contributed by atoms with Crippen LogP contribution in [0.25, 0.3) is 0 Å². The number of rotatable bonds is 71. The number of aliphatic hydroxyl groups excluding tert-OH is 2. The molecule has 2 unspecified atom stereocenters. The number of nitrogens with one attached hydrogen (secondary N) is 1. The zero-order valence-corrected chi connectivity index (χ0v) is 57.1. The molecular formula is C79H147NO5. The predicted octanol–water partition coefficient (Wildman–Crippen LogP) is 25.0. The summed E-state index contributed by atoms with van der Waals surface area (Å²) < 4.78 is 5.49. The number of carbonyl (C=O) groups excluding carboxylic acids is 2. The molecule has 0 fully saturated rings. The summed E-state index contributed by atoms with van der Waals surface area (Å²) in [5.74, 6) is -0.0650. The van der Waals surface area contributed by atoms with Gasteiger partial charge in [-0.3, -0.25) is 9.59 Å². The van der Waals surface area contributed by atoms with Crippen LogP contribution >= 0.6 is 0 Å². The summed E-state index contributed by atoms with van der Waals surface area (Å²) in [6.07, 6.45) is 98.9. The Bertz CT molecular complexity index is 1470. The van der Waals surface area contributed by atoms with Crippen molar-refractivity contribution >= 4 is 11.9 Å². The normalized spacial score (nSPS) is 12.8. The molecule has 0 spiro atoms. The molecular weight excluding hydrogens is 1040 g/mol.